The van der Waals surface area contributed by atoms with Gasteiger partial charge >= 0.3 is 0 Å². The predicted octanol–water partition coefficient (Wildman–Crippen LogP) is 2.85. The number of hydrogen-bond donors (Lipinski definition) is 1. The van der Waals surface area contributed by atoms with E-state index in [1.165, 1.54) is 11.5 Å². The van der Waals surface area contributed by atoms with Gasteiger partial charge in [0.2, 0.25) is 0 Å². The van der Waals surface area contributed by atoms with Gasteiger partial charge in [-0.1, -0.05) is 22.0 Å². The van der Waals surface area contributed by atoms with E-state index in [0.717, 1.165) is 29.5 Å². The molecule has 1 fully saturated rings. The molecule has 2 heterocycles. The van der Waals surface area contributed by atoms with Crippen LogP contribution in [0.25, 0.3) is 0 Å². The summed E-state index contributed by atoms with van der Waals surface area (Å²) in [6.45, 7) is 0.839. The van der Waals surface area contributed by atoms with Crippen LogP contribution in [-0.4, -0.2) is 29.5 Å². The van der Waals surface area contributed by atoms with Gasteiger partial charge in [-0.05, 0) is 42.5 Å². The van der Waals surface area contributed by atoms with Crippen LogP contribution in [0, 0.1) is 0 Å². The summed E-state index contributed by atoms with van der Waals surface area (Å²) in [6.07, 6.45) is 2.32. The molecule has 1 aromatic rings. The summed E-state index contributed by atoms with van der Waals surface area (Å²) in [4.78, 5) is 6.74. The number of thioether (sulfide) groups is 1. The largest absolute Gasteiger partial charge is 0.369 e. The number of hydrogen-bond acceptors (Lipinski definition) is 4. The highest BCUT2D eigenvalue weighted by Crippen LogP contribution is 2.39. The second-order valence-corrected chi connectivity index (χ2v) is 6.97. The first-order valence-corrected chi connectivity index (χ1v) is 8.10. The Bertz CT molecular complexity index is 483. The summed E-state index contributed by atoms with van der Waals surface area (Å²) in [5.74, 6) is 3.07. The normalized spacial score (nSPS) is 22.3. The smallest absolute Gasteiger partial charge is 0.196 e. The van der Waals surface area contributed by atoms with E-state index in [0.29, 0.717) is 5.96 Å². The molecule has 3 rings (SSSR count). The first-order valence-electron chi connectivity index (χ1n) is 6.15. The van der Waals surface area contributed by atoms with Crippen LogP contribution >= 0.6 is 27.7 Å². The average Bonchev–Trinajstić information content (AvgIpc) is 2.67. The van der Waals surface area contributed by atoms with Crippen molar-refractivity contribution in [1.29, 1.82) is 0 Å². The van der Waals surface area contributed by atoms with E-state index >= 15 is 0 Å². The third-order valence-electron chi connectivity index (χ3n) is 3.73. The third-order valence-corrected chi connectivity index (χ3v) is 5.21. The van der Waals surface area contributed by atoms with Crippen LogP contribution in [0.3, 0.4) is 0 Å². The zero-order chi connectivity index (χ0) is 12.6. The number of aliphatic imine (C=N–C) groups is 1. The summed E-state index contributed by atoms with van der Waals surface area (Å²) in [5.41, 5.74) is 7.39. The number of halogens is 1. The van der Waals surface area contributed by atoms with Gasteiger partial charge < -0.3 is 10.6 Å². The van der Waals surface area contributed by atoms with E-state index in [4.69, 9.17) is 5.73 Å². The fourth-order valence-electron chi connectivity index (χ4n) is 2.77. The molecule has 1 aromatic carbocycles. The zero-order valence-corrected chi connectivity index (χ0v) is 12.5. The van der Waals surface area contributed by atoms with E-state index in [-0.39, 0.29) is 5.54 Å². The van der Waals surface area contributed by atoms with Crippen LogP contribution < -0.4 is 10.6 Å². The van der Waals surface area contributed by atoms with E-state index in [1.54, 1.807) is 0 Å². The molecule has 3 nitrogen and oxygen atoms in total. The van der Waals surface area contributed by atoms with Crippen molar-refractivity contribution in [1.82, 2.24) is 0 Å². The Labute approximate surface area is 120 Å². The van der Waals surface area contributed by atoms with Gasteiger partial charge in [-0.25, -0.2) is 0 Å². The standard InChI is InChI=1S/C13H16BrN3S/c14-10-2-1-3-11(8-10)17-12(15)16-9-13(17)4-6-18-7-5-13/h1-3,8H,4-7,9H2,(H2,15,16). The van der Waals surface area contributed by atoms with Gasteiger partial charge in [0.25, 0.3) is 0 Å². The topological polar surface area (TPSA) is 41.6 Å². The minimum absolute atomic E-state index is 0.121. The Morgan fingerprint density at radius 3 is 2.83 bits per heavy atom. The van der Waals surface area contributed by atoms with Crippen molar-refractivity contribution in [2.75, 3.05) is 23.0 Å². The van der Waals surface area contributed by atoms with Crippen LogP contribution in [-0.2, 0) is 0 Å². The fraction of sp³-hybridized carbons (Fsp3) is 0.462. The molecule has 18 heavy (non-hydrogen) atoms. The molecule has 96 valence electrons. The monoisotopic (exact) mass is 325 g/mol. The molecule has 1 saturated heterocycles. The molecule has 2 aliphatic heterocycles. The third kappa shape index (κ3) is 2.03. The molecule has 0 saturated carbocycles. The van der Waals surface area contributed by atoms with Gasteiger partial charge in [0, 0.05) is 10.2 Å². The molecule has 5 heteroatoms. The van der Waals surface area contributed by atoms with Crippen LogP contribution in [0.5, 0.6) is 0 Å². The summed E-state index contributed by atoms with van der Waals surface area (Å²) in [7, 11) is 0. The highest BCUT2D eigenvalue weighted by molar-refractivity contribution is 9.10. The van der Waals surface area contributed by atoms with Crippen molar-refractivity contribution in [3.05, 3.63) is 28.7 Å². The summed E-state index contributed by atoms with van der Waals surface area (Å²) < 4.78 is 1.08. The molecule has 0 aromatic heterocycles. The minimum atomic E-state index is 0.121. The molecule has 0 unspecified atom stereocenters. The lowest BCUT2D eigenvalue weighted by atomic mass is 9.90. The van der Waals surface area contributed by atoms with Crippen molar-refractivity contribution < 1.29 is 0 Å². The molecule has 0 atom stereocenters. The number of nitrogens with two attached hydrogens (primary N) is 1. The Kier molecular flexibility index (Phi) is 3.28. The quantitative estimate of drug-likeness (QED) is 0.863. The van der Waals surface area contributed by atoms with Crippen molar-refractivity contribution in [3.63, 3.8) is 0 Å². The first kappa shape index (κ1) is 12.4. The summed E-state index contributed by atoms with van der Waals surface area (Å²) in [6, 6.07) is 8.33. The van der Waals surface area contributed by atoms with Gasteiger partial charge in [-0.15, -0.1) is 0 Å². The number of rotatable bonds is 1. The fourth-order valence-corrected chi connectivity index (χ4v) is 4.41. The van der Waals surface area contributed by atoms with E-state index in [2.05, 4.69) is 44.0 Å². The Morgan fingerprint density at radius 2 is 2.11 bits per heavy atom. The number of benzene rings is 1. The maximum absolute atomic E-state index is 6.12. The zero-order valence-electron chi connectivity index (χ0n) is 10.1. The number of nitrogens with zero attached hydrogens (tertiary/aromatic N) is 2. The second kappa shape index (κ2) is 4.78. The molecular weight excluding hydrogens is 310 g/mol. The molecule has 1 spiro atoms. The lowest BCUT2D eigenvalue weighted by molar-refractivity contribution is 0.424. The lowest BCUT2D eigenvalue weighted by Gasteiger charge is -2.41. The van der Waals surface area contributed by atoms with E-state index < -0.39 is 0 Å². The SMILES string of the molecule is NC1=NCC2(CCSCC2)N1c1cccc(Br)c1. The Morgan fingerprint density at radius 1 is 1.33 bits per heavy atom. The lowest BCUT2D eigenvalue weighted by Crippen LogP contribution is -2.54. The predicted molar refractivity (Wildman–Crippen MR) is 82.4 cm³/mol. The summed E-state index contributed by atoms with van der Waals surface area (Å²) in [5, 5.41) is 0. The van der Waals surface area contributed by atoms with Gasteiger partial charge in [0.1, 0.15) is 0 Å². The molecule has 2 aliphatic rings. The average molecular weight is 326 g/mol. The van der Waals surface area contributed by atoms with Gasteiger partial charge in [-0.3, -0.25) is 4.99 Å². The first-order chi connectivity index (χ1) is 8.71. The minimum Gasteiger partial charge on any atom is -0.369 e. The molecule has 0 aliphatic carbocycles. The van der Waals surface area contributed by atoms with Gasteiger partial charge in [0.05, 0.1) is 12.1 Å². The maximum Gasteiger partial charge on any atom is 0.196 e. The molecule has 0 bridgehead atoms. The van der Waals surface area contributed by atoms with Crippen molar-refractivity contribution in [3.8, 4) is 0 Å². The van der Waals surface area contributed by atoms with Crippen molar-refractivity contribution >= 4 is 39.3 Å². The molecule has 0 amide bonds. The van der Waals surface area contributed by atoms with Crippen molar-refractivity contribution in [2.24, 2.45) is 10.7 Å². The highest BCUT2D eigenvalue weighted by Gasteiger charge is 2.43. The van der Waals surface area contributed by atoms with Crippen LogP contribution in [0.1, 0.15) is 12.8 Å². The number of anilines is 1. The maximum atomic E-state index is 6.12. The van der Waals surface area contributed by atoms with Gasteiger partial charge in [0.15, 0.2) is 5.96 Å². The van der Waals surface area contributed by atoms with Crippen LogP contribution in [0.4, 0.5) is 5.69 Å². The Hall–Kier alpha value is -0.680. The van der Waals surface area contributed by atoms with Gasteiger partial charge in [-0.2, -0.15) is 11.8 Å². The molecular formula is C13H16BrN3S. The summed E-state index contributed by atoms with van der Waals surface area (Å²) >= 11 is 5.56. The molecule has 2 N–H and O–H groups in total. The van der Waals surface area contributed by atoms with Crippen molar-refractivity contribution in [2.45, 2.75) is 18.4 Å². The van der Waals surface area contributed by atoms with E-state index in [1.807, 2.05) is 17.8 Å². The number of guanidine groups is 1. The van der Waals surface area contributed by atoms with Crippen LogP contribution in [0.15, 0.2) is 33.7 Å². The van der Waals surface area contributed by atoms with E-state index in [9.17, 15) is 0 Å². The molecule has 0 radical (unpaired) electrons. The van der Waals surface area contributed by atoms with Crippen LogP contribution in [0.2, 0.25) is 0 Å². The second-order valence-electron chi connectivity index (χ2n) is 4.83. The highest BCUT2D eigenvalue weighted by atomic mass is 79.9. The Balaban J connectivity index is 1.98.